The van der Waals surface area contributed by atoms with Crippen molar-refractivity contribution in [1.29, 1.82) is 0 Å². The molecule has 6 heteroatoms. The SMILES string of the molecule is COC(CN)CC(=O)NCCc1ccc(F)cc1C.Cl. The smallest absolute Gasteiger partial charge is 0.222 e. The lowest BCUT2D eigenvalue weighted by Crippen LogP contribution is -2.33. The summed E-state index contributed by atoms with van der Waals surface area (Å²) in [6, 6.07) is 4.67. The number of methoxy groups -OCH3 is 1. The van der Waals surface area contributed by atoms with Crippen molar-refractivity contribution < 1.29 is 13.9 Å². The van der Waals surface area contributed by atoms with Gasteiger partial charge >= 0.3 is 0 Å². The Kier molecular flexibility index (Phi) is 9.12. The van der Waals surface area contributed by atoms with Gasteiger partial charge in [0.2, 0.25) is 5.91 Å². The standard InChI is InChI=1S/C14H21FN2O2.ClH/c1-10-7-12(15)4-3-11(10)5-6-17-14(18)8-13(9-16)19-2;/h3-4,7,13H,5-6,8-9,16H2,1-2H3,(H,17,18);1H. The number of hydrogen-bond acceptors (Lipinski definition) is 3. The van der Waals surface area contributed by atoms with Gasteiger partial charge in [0.1, 0.15) is 5.82 Å². The molecule has 1 atom stereocenters. The van der Waals surface area contributed by atoms with Crippen molar-refractivity contribution >= 4 is 18.3 Å². The number of carbonyl (C=O) groups excluding carboxylic acids is 1. The van der Waals surface area contributed by atoms with E-state index in [1.165, 1.54) is 19.2 Å². The molecule has 3 N–H and O–H groups in total. The Morgan fingerprint density at radius 1 is 1.50 bits per heavy atom. The van der Waals surface area contributed by atoms with Gasteiger partial charge in [0.25, 0.3) is 0 Å². The average Bonchev–Trinajstić information content (AvgIpc) is 2.38. The molecule has 0 saturated carbocycles. The molecule has 0 aromatic heterocycles. The van der Waals surface area contributed by atoms with Gasteiger partial charge in [0.15, 0.2) is 0 Å². The van der Waals surface area contributed by atoms with Crippen molar-refractivity contribution in [2.45, 2.75) is 25.9 Å². The number of nitrogens with one attached hydrogen (secondary N) is 1. The van der Waals surface area contributed by atoms with E-state index in [1.807, 2.05) is 6.92 Å². The van der Waals surface area contributed by atoms with Crippen molar-refractivity contribution in [2.24, 2.45) is 5.73 Å². The maximum atomic E-state index is 12.9. The molecule has 0 aliphatic rings. The van der Waals surface area contributed by atoms with Crippen molar-refractivity contribution in [3.8, 4) is 0 Å². The van der Waals surface area contributed by atoms with E-state index in [-0.39, 0.29) is 36.7 Å². The van der Waals surface area contributed by atoms with E-state index in [1.54, 1.807) is 6.07 Å². The third-order valence-corrected chi connectivity index (χ3v) is 3.03. The Bertz CT molecular complexity index is 426. The number of nitrogens with two attached hydrogens (primary N) is 1. The van der Waals surface area contributed by atoms with Crippen molar-refractivity contribution in [3.05, 3.63) is 35.1 Å². The highest BCUT2D eigenvalue weighted by molar-refractivity contribution is 5.85. The zero-order valence-electron chi connectivity index (χ0n) is 11.8. The van der Waals surface area contributed by atoms with Crippen LogP contribution in [0.5, 0.6) is 0 Å². The van der Waals surface area contributed by atoms with Crippen LogP contribution in [0.4, 0.5) is 4.39 Å². The van der Waals surface area contributed by atoms with Gasteiger partial charge in [-0.1, -0.05) is 6.07 Å². The first-order valence-corrected chi connectivity index (χ1v) is 6.31. The lowest BCUT2D eigenvalue weighted by molar-refractivity contribution is -0.123. The Morgan fingerprint density at radius 2 is 2.20 bits per heavy atom. The van der Waals surface area contributed by atoms with Crippen molar-refractivity contribution in [3.63, 3.8) is 0 Å². The maximum Gasteiger partial charge on any atom is 0.222 e. The Labute approximate surface area is 125 Å². The molecule has 1 unspecified atom stereocenters. The van der Waals surface area contributed by atoms with E-state index in [4.69, 9.17) is 10.5 Å². The molecule has 1 aromatic carbocycles. The molecule has 20 heavy (non-hydrogen) atoms. The first kappa shape index (κ1) is 18.8. The van der Waals surface area contributed by atoms with Gasteiger partial charge in [-0.15, -0.1) is 12.4 Å². The number of ether oxygens (including phenoxy) is 1. The Hall–Kier alpha value is -1.17. The van der Waals surface area contributed by atoms with Gasteiger partial charge < -0.3 is 15.8 Å². The van der Waals surface area contributed by atoms with Gasteiger partial charge in [0.05, 0.1) is 12.5 Å². The summed E-state index contributed by atoms with van der Waals surface area (Å²) in [5.74, 6) is -0.326. The van der Waals surface area contributed by atoms with Crippen LogP contribution in [0, 0.1) is 12.7 Å². The van der Waals surface area contributed by atoms with E-state index in [2.05, 4.69) is 5.32 Å². The number of hydrogen-bond donors (Lipinski definition) is 2. The number of halogens is 2. The molecule has 0 heterocycles. The summed E-state index contributed by atoms with van der Waals surface area (Å²) >= 11 is 0. The molecule has 0 saturated heterocycles. The first-order chi connectivity index (χ1) is 9.06. The van der Waals surface area contributed by atoms with Crippen LogP contribution in [0.3, 0.4) is 0 Å². The quantitative estimate of drug-likeness (QED) is 0.804. The zero-order chi connectivity index (χ0) is 14.3. The summed E-state index contributed by atoms with van der Waals surface area (Å²) in [5.41, 5.74) is 7.37. The monoisotopic (exact) mass is 304 g/mol. The molecule has 0 aliphatic carbocycles. The summed E-state index contributed by atoms with van der Waals surface area (Å²) in [6.45, 7) is 2.70. The number of benzene rings is 1. The lowest BCUT2D eigenvalue weighted by Gasteiger charge is -2.13. The molecule has 1 amide bonds. The van der Waals surface area contributed by atoms with Gasteiger partial charge in [-0.25, -0.2) is 4.39 Å². The number of amides is 1. The van der Waals surface area contributed by atoms with E-state index >= 15 is 0 Å². The summed E-state index contributed by atoms with van der Waals surface area (Å²) in [7, 11) is 1.53. The second-order valence-corrected chi connectivity index (χ2v) is 4.47. The first-order valence-electron chi connectivity index (χ1n) is 6.31. The Balaban J connectivity index is 0.00000361. The molecule has 1 rings (SSSR count). The van der Waals surface area contributed by atoms with Crippen molar-refractivity contribution in [1.82, 2.24) is 5.32 Å². The number of rotatable bonds is 7. The molecular formula is C14H22ClFN2O2. The summed E-state index contributed by atoms with van der Waals surface area (Å²) in [4.78, 5) is 11.6. The fraction of sp³-hybridized carbons (Fsp3) is 0.500. The summed E-state index contributed by atoms with van der Waals surface area (Å²) < 4.78 is 18.0. The van der Waals surface area contributed by atoms with E-state index < -0.39 is 0 Å². The molecule has 4 nitrogen and oxygen atoms in total. The van der Waals surface area contributed by atoms with Crippen LogP contribution in [-0.2, 0) is 16.0 Å². The molecule has 0 bridgehead atoms. The third kappa shape index (κ3) is 6.32. The average molecular weight is 305 g/mol. The largest absolute Gasteiger partial charge is 0.380 e. The second-order valence-electron chi connectivity index (χ2n) is 4.47. The topological polar surface area (TPSA) is 64.3 Å². The summed E-state index contributed by atoms with van der Waals surface area (Å²) in [6.07, 6.45) is 0.695. The van der Waals surface area contributed by atoms with E-state index in [9.17, 15) is 9.18 Å². The highest BCUT2D eigenvalue weighted by atomic mass is 35.5. The highest BCUT2D eigenvalue weighted by Crippen LogP contribution is 2.10. The highest BCUT2D eigenvalue weighted by Gasteiger charge is 2.10. The molecule has 114 valence electrons. The van der Waals surface area contributed by atoms with Crippen molar-refractivity contribution in [2.75, 3.05) is 20.2 Å². The van der Waals surface area contributed by atoms with Crippen LogP contribution in [0.1, 0.15) is 17.5 Å². The molecule has 0 aliphatic heterocycles. The minimum absolute atomic E-state index is 0. The number of carbonyl (C=O) groups is 1. The predicted molar refractivity (Wildman–Crippen MR) is 79.6 cm³/mol. The van der Waals surface area contributed by atoms with Crippen LogP contribution < -0.4 is 11.1 Å². The van der Waals surface area contributed by atoms with Gasteiger partial charge in [0, 0.05) is 20.2 Å². The molecular weight excluding hydrogens is 283 g/mol. The van der Waals surface area contributed by atoms with Crippen LogP contribution in [0.25, 0.3) is 0 Å². The zero-order valence-corrected chi connectivity index (χ0v) is 12.6. The number of aryl methyl sites for hydroxylation is 1. The van der Waals surface area contributed by atoms with Gasteiger partial charge in [-0.05, 0) is 36.6 Å². The lowest BCUT2D eigenvalue weighted by atomic mass is 10.1. The fourth-order valence-corrected chi connectivity index (χ4v) is 1.82. The molecule has 0 radical (unpaired) electrons. The maximum absolute atomic E-state index is 12.9. The van der Waals surface area contributed by atoms with E-state index in [0.717, 1.165) is 11.1 Å². The van der Waals surface area contributed by atoms with Crippen LogP contribution >= 0.6 is 12.4 Å². The second kappa shape index (κ2) is 9.69. The van der Waals surface area contributed by atoms with Gasteiger partial charge in [-0.2, -0.15) is 0 Å². The third-order valence-electron chi connectivity index (χ3n) is 3.03. The van der Waals surface area contributed by atoms with E-state index in [0.29, 0.717) is 19.5 Å². The van der Waals surface area contributed by atoms with Gasteiger partial charge in [-0.3, -0.25) is 4.79 Å². The van der Waals surface area contributed by atoms with Crippen LogP contribution in [0.15, 0.2) is 18.2 Å². The molecule has 1 aromatic rings. The Morgan fingerprint density at radius 3 is 2.75 bits per heavy atom. The fourth-order valence-electron chi connectivity index (χ4n) is 1.82. The van der Waals surface area contributed by atoms with Crippen LogP contribution in [0.2, 0.25) is 0 Å². The minimum atomic E-state index is -0.243. The molecule has 0 fully saturated rings. The van der Waals surface area contributed by atoms with Crippen LogP contribution in [-0.4, -0.2) is 32.2 Å². The molecule has 0 spiro atoms. The summed E-state index contributed by atoms with van der Waals surface area (Å²) in [5, 5.41) is 2.80. The predicted octanol–water partition coefficient (Wildman–Crippen LogP) is 1.58. The minimum Gasteiger partial charge on any atom is -0.380 e. The normalized spacial score (nSPS) is 11.6.